The molecule has 2 aromatic rings. The molecule has 0 saturated carbocycles. The fourth-order valence-electron chi connectivity index (χ4n) is 5.29. The monoisotopic (exact) mass is 746 g/mol. The molecule has 2 aromatic heterocycles. The normalized spacial score (nSPS) is 12.6. The minimum atomic E-state index is -2.12. The number of thiophene rings is 2. The van der Waals surface area contributed by atoms with E-state index in [-0.39, 0.29) is 0 Å². The van der Waals surface area contributed by atoms with Crippen molar-refractivity contribution in [3.63, 3.8) is 0 Å². The van der Waals surface area contributed by atoms with Crippen molar-refractivity contribution in [2.45, 2.75) is 146 Å². The van der Waals surface area contributed by atoms with Crippen LogP contribution in [0.2, 0.25) is 29.6 Å². The van der Waals surface area contributed by atoms with Crippen molar-refractivity contribution in [3.05, 3.63) is 23.3 Å². The van der Waals surface area contributed by atoms with Gasteiger partial charge in [0.25, 0.3) is 0 Å². The fourth-order valence-corrected chi connectivity index (χ4v) is 21.6. The van der Waals surface area contributed by atoms with E-state index in [9.17, 15) is 0 Å². The standard InChI is InChI=1S/C26H40S2.6CH3.2Sn/c1-3-5-7-9-11-13-15-17-23-19-25(27-21-23)26-20-24(22-28-26)18-16-14-12-10-8-6-4-2;;;;;;;;/h19-20H,3-18H2,1-2H3;6*1H3;;. The average molecular weight is 744 g/mol. The molecular weight excluding hydrogens is 686 g/mol. The Bertz CT molecular complexity index is 792. The van der Waals surface area contributed by atoms with Gasteiger partial charge in [0.2, 0.25) is 0 Å². The molecule has 206 valence electrons. The van der Waals surface area contributed by atoms with Crippen molar-refractivity contribution < 1.29 is 0 Å². The van der Waals surface area contributed by atoms with Crippen molar-refractivity contribution >= 4 is 65.2 Å². The van der Waals surface area contributed by atoms with Gasteiger partial charge in [-0.1, -0.05) is 0 Å². The van der Waals surface area contributed by atoms with Crippen LogP contribution in [0.15, 0.2) is 12.1 Å². The van der Waals surface area contributed by atoms with E-state index in [0.717, 1.165) is 0 Å². The predicted molar refractivity (Wildman–Crippen MR) is 177 cm³/mol. The zero-order valence-electron chi connectivity index (χ0n) is 25.3. The van der Waals surface area contributed by atoms with Crippen molar-refractivity contribution in [2.75, 3.05) is 0 Å². The first kappa shape index (κ1) is 33.2. The van der Waals surface area contributed by atoms with Gasteiger partial charge in [-0.25, -0.2) is 0 Å². The molecule has 36 heavy (non-hydrogen) atoms. The van der Waals surface area contributed by atoms with E-state index in [1.165, 1.54) is 103 Å². The summed E-state index contributed by atoms with van der Waals surface area (Å²) in [6, 6.07) is 5.29. The molecule has 0 amide bonds. The summed E-state index contributed by atoms with van der Waals surface area (Å²) in [7, 11) is 0. The van der Waals surface area contributed by atoms with Gasteiger partial charge >= 0.3 is 244 Å². The summed E-state index contributed by atoms with van der Waals surface area (Å²) in [4.78, 5) is 18.9. The molecule has 2 rings (SSSR count). The maximum atomic E-state index is 2.64. The molecule has 0 bridgehead atoms. The molecule has 0 aliphatic heterocycles. The number of hydrogen-bond donors (Lipinski definition) is 0. The molecule has 0 unspecified atom stereocenters. The van der Waals surface area contributed by atoms with Gasteiger partial charge in [-0.15, -0.1) is 0 Å². The molecule has 0 aliphatic carbocycles. The van der Waals surface area contributed by atoms with E-state index in [4.69, 9.17) is 0 Å². The van der Waals surface area contributed by atoms with E-state index in [1.807, 2.05) is 5.79 Å². The second-order valence-electron chi connectivity index (χ2n) is 13.2. The van der Waals surface area contributed by atoms with Crippen molar-refractivity contribution in [2.24, 2.45) is 0 Å². The molecule has 2 heterocycles. The maximum absolute atomic E-state index is 2.64. The Kier molecular flexibility index (Phi) is 15.6. The molecule has 4 heteroatoms. The molecule has 0 N–H and O–H groups in total. The Morgan fingerprint density at radius 2 is 0.778 bits per heavy atom. The number of aryl methyl sites for hydroxylation is 2. The van der Waals surface area contributed by atoms with Crippen molar-refractivity contribution in [3.8, 4) is 9.75 Å². The third-order valence-electron chi connectivity index (χ3n) is 7.32. The Morgan fingerprint density at radius 3 is 1.08 bits per heavy atom. The summed E-state index contributed by atoms with van der Waals surface area (Å²) in [5.74, 6) is 0. The minimum absolute atomic E-state index is 1.31. The SMILES string of the molecule is CCCCCCCCCc1cc(-c2cc(CCCCCCCCC)[c]([Sn]([CH3])([CH3])[CH3])s2)s[c]1[Sn]([CH3])([CH3])[CH3]. The van der Waals surface area contributed by atoms with Crippen LogP contribution >= 0.6 is 22.7 Å². The van der Waals surface area contributed by atoms with Crippen LogP contribution in [0.5, 0.6) is 0 Å². The van der Waals surface area contributed by atoms with E-state index in [0.29, 0.717) is 0 Å². The van der Waals surface area contributed by atoms with Crippen LogP contribution in [-0.2, 0) is 12.8 Å². The molecule has 0 nitrogen and oxygen atoms in total. The number of unbranched alkanes of at least 4 members (excludes halogenated alkanes) is 12. The van der Waals surface area contributed by atoms with Gasteiger partial charge in [0, 0.05) is 0 Å². The molecule has 0 atom stereocenters. The molecule has 0 saturated heterocycles. The van der Waals surface area contributed by atoms with Crippen LogP contribution in [0.25, 0.3) is 9.75 Å². The Balaban J connectivity index is 2.10. The zero-order chi connectivity index (χ0) is 26.6. The van der Waals surface area contributed by atoms with Gasteiger partial charge in [-0.3, -0.25) is 0 Å². The summed E-state index contributed by atoms with van der Waals surface area (Å²) in [5, 5.41) is 0. The van der Waals surface area contributed by atoms with Gasteiger partial charge in [0.15, 0.2) is 0 Å². The third-order valence-corrected chi connectivity index (χ3v) is 29.1. The predicted octanol–water partition coefficient (Wildman–Crippen LogP) is 11.2. The van der Waals surface area contributed by atoms with Gasteiger partial charge < -0.3 is 0 Å². The molecule has 0 spiro atoms. The fraction of sp³-hybridized carbons (Fsp3) is 0.750. The van der Waals surface area contributed by atoms with E-state index < -0.39 is 36.8 Å². The van der Waals surface area contributed by atoms with E-state index in [1.54, 1.807) is 20.9 Å². The molecule has 0 aromatic carbocycles. The van der Waals surface area contributed by atoms with Gasteiger partial charge in [-0.2, -0.15) is 0 Å². The van der Waals surface area contributed by atoms with E-state index in [2.05, 4.69) is 78.3 Å². The third kappa shape index (κ3) is 11.6. The van der Waals surface area contributed by atoms with Crippen LogP contribution in [-0.4, -0.2) is 36.8 Å². The number of hydrogen-bond acceptors (Lipinski definition) is 2. The Morgan fingerprint density at radius 1 is 0.472 bits per heavy atom. The first-order chi connectivity index (χ1) is 17.1. The topological polar surface area (TPSA) is 0 Å². The zero-order valence-corrected chi connectivity index (χ0v) is 32.6. The second-order valence-corrected chi connectivity index (χ2v) is 45.9. The first-order valence-electron chi connectivity index (χ1n) is 15.3. The summed E-state index contributed by atoms with van der Waals surface area (Å²) >= 11 is 0.141. The average Bonchev–Trinajstić information content (AvgIpc) is 3.42. The quantitative estimate of drug-likeness (QED) is 0.0993. The van der Waals surface area contributed by atoms with Crippen LogP contribution in [0.1, 0.15) is 115 Å². The number of rotatable bonds is 19. The van der Waals surface area contributed by atoms with Crippen LogP contribution in [0.4, 0.5) is 0 Å². The Hall–Kier alpha value is 0.997. The summed E-state index contributed by atoms with van der Waals surface area (Å²) in [6.45, 7) is 4.63. The van der Waals surface area contributed by atoms with Crippen LogP contribution in [0.3, 0.4) is 0 Å². The molecular formula is C32H58S2Sn2. The summed E-state index contributed by atoms with van der Waals surface area (Å²) < 4.78 is 3.68. The molecule has 0 radical (unpaired) electrons. The Labute approximate surface area is 242 Å². The van der Waals surface area contributed by atoms with Crippen LogP contribution < -0.4 is 5.79 Å². The van der Waals surface area contributed by atoms with Crippen molar-refractivity contribution in [1.29, 1.82) is 0 Å². The van der Waals surface area contributed by atoms with Gasteiger partial charge in [-0.05, 0) is 0 Å². The van der Waals surface area contributed by atoms with E-state index >= 15 is 0 Å². The summed E-state index contributed by atoms with van der Waals surface area (Å²) in [6.07, 6.45) is 22.4. The molecule has 0 fully saturated rings. The van der Waals surface area contributed by atoms with Crippen molar-refractivity contribution in [1.82, 2.24) is 0 Å². The first-order valence-corrected chi connectivity index (χ1v) is 37.0. The summed E-state index contributed by atoms with van der Waals surface area (Å²) in [5.41, 5.74) is 3.46. The molecule has 0 aliphatic rings. The van der Waals surface area contributed by atoms with Gasteiger partial charge in [0.1, 0.15) is 0 Å². The van der Waals surface area contributed by atoms with Gasteiger partial charge in [0.05, 0.1) is 0 Å². The second kappa shape index (κ2) is 17.0. The van der Waals surface area contributed by atoms with Crippen LogP contribution in [0, 0.1) is 0 Å².